The largest absolute Gasteiger partial charge is 0.319 e. The molecule has 0 unspecified atom stereocenters. The number of hydrogen-bond acceptors (Lipinski definition) is 6. The molecule has 10 heteroatoms. The molecule has 0 saturated carbocycles. The zero-order valence-electron chi connectivity index (χ0n) is 9.00. The first-order chi connectivity index (χ1) is 8.88. The standard InChI is InChI=1S/C9H5ClFN3O3S2/c10-19(16,17)5-1-2-7(6(11)3-5)13-9(15)8-4-12-14-18-8/h1-4H,(H,13,15). The quantitative estimate of drug-likeness (QED) is 0.872. The fraction of sp³-hybridized carbons (Fsp3) is 0. The predicted molar refractivity (Wildman–Crippen MR) is 67.3 cm³/mol. The number of nitrogens with one attached hydrogen (secondary N) is 1. The van der Waals surface area contributed by atoms with Crippen LogP contribution in [0.4, 0.5) is 10.1 Å². The number of carbonyl (C=O) groups is 1. The summed E-state index contributed by atoms with van der Waals surface area (Å²) in [5.41, 5.74) is -0.164. The van der Waals surface area contributed by atoms with Gasteiger partial charge in [-0.05, 0) is 29.7 Å². The maximum atomic E-state index is 13.6. The summed E-state index contributed by atoms with van der Waals surface area (Å²) in [6.07, 6.45) is 1.23. The van der Waals surface area contributed by atoms with Crippen LogP contribution in [0.15, 0.2) is 29.3 Å². The molecule has 1 N–H and O–H groups in total. The summed E-state index contributed by atoms with van der Waals surface area (Å²) in [6, 6.07) is 2.92. The van der Waals surface area contributed by atoms with Crippen LogP contribution in [0.3, 0.4) is 0 Å². The second-order valence-electron chi connectivity index (χ2n) is 3.32. The van der Waals surface area contributed by atoms with Crippen LogP contribution in [0.5, 0.6) is 0 Å². The second-order valence-corrected chi connectivity index (χ2v) is 6.67. The summed E-state index contributed by atoms with van der Waals surface area (Å²) < 4.78 is 39.1. The van der Waals surface area contributed by atoms with Crippen LogP contribution < -0.4 is 5.32 Å². The van der Waals surface area contributed by atoms with Crippen molar-refractivity contribution in [2.24, 2.45) is 0 Å². The van der Waals surface area contributed by atoms with Gasteiger partial charge in [0.2, 0.25) is 0 Å². The van der Waals surface area contributed by atoms with E-state index >= 15 is 0 Å². The van der Waals surface area contributed by atoms with Crippen molar-refractivity contribution in [3.05, 3.63) is 35.1 Å². The fourth-order valence-electron chi connectivity index (χ4n) is 1.20. The lowest BCUT2D eigenvalue weighted by atomic mass is 10.3. The van der Waals surface area contributed by atoms with E-state index in [1.54, 1.807) is 0 Å². The van der Waals surface area contributed by atoms with Crippen LogP contribution in [0.25, 0.3) is 0 Å². The van der Waals surface area contributed by atoms with Crippen LogP contribution >= 0.6 is 22.2 Å². The molecule has 0 spiro atoms. The average Bonchev–Trinajstić information content (AvgIpc) is 2.84. The summed E-state index contributed by atoms with van der Waals surface area (Å²) in [4.78, 5) is 11.4. The Morgan fingerprint density at radius 3 is 2.68 bits per heavy atom. The highest BCUT2D eigenvalue weighted by molar-refractivity contribution is 8.13. The molecule has 0 fully saturated rings. The Hall–Kier alpha value is -1.58. The predicted octanol–water partition coefficient (Wildman–Crippen LogP) is 1.86. The summed E-state index contributed by atoms with van der Waals surface area (Å²) in [5.74, 6) is -1.50. The highest BCUT2D eigenvalue weighted by atomic mass is 35.7. The topological polar surface area (TPSA) is 89.0 Å². The maximum absolute atomic E-state index is 13.6. The highest BCUT2D eigenvalue weighted by Crippen LogP contribution is 2.22. The summed E-state index contributed by atoms with van der Waals surface area (Å²) >= 11 is 0.851. The monoisotopic (exact) mass is 321 g/mol. The van der Waals surface area contributed by atoms with E-state index in [9.17, 15) is 17.6 Å². The lowest BCUT2D eigenvalue weighted by Gasteiger charge is -2.05. The van der Waals surface area contributed by atoms with E-state index in [4.69, 9.17) is 10.7 Å². The van der Waals surface area contributed by atoms with E-state index in [2.05, 4.69) is 14.9 Å². The van der Waals surface area contributed by atoms with E-state index in [0.717, 1.165) is 29.7 Å². The Morgan fingerprint density at radius 2 is 2.16 bits per heavy atom. The number of aromatic nitrogens is 2. The van der Waals surface area contributed by atoms with Crippen LogP contribution in [0.1, 0.15) is 9.67 Å². The van der Waals surface area contributed by atoms with Gasteiger partial charge in [0.1, 0.15) is 10.7 Å². The molecule has 1 amide bonds. The van der Waals surface area contributed by atoms with Crippen LogP contribution in [-0.2, 0) is 9.05 Å². The molecule has 1 aromatic heterocycles. The average molecular weight is 322 g/mol. The van der Waals surface area contributed by atoms with Crippen molar-refractivity contribution in [2.45, 2.75) is 4.90 Å². The van der Waals surface area contributed by atoms with Crippen molar-refractivity contribution < 1.29 is 17.6 Å². The molecule has 6 nitrogen and oxygen atoms in total. The molecule has 1 heterocycles. The van der Waals surface area contributed by atoms with E-state index in [-0.39, 0.29) is 15.5 Å². The van der Waals surface area contributed by atoms with Crippen molar-refractivity contribution in [1.82, 2.24) is 9.59 Å². The Kier molecular flexibility index (Phi) is 3.78. The third kappa shape index (κ3) is 3.25. The molecule has 0 aliphatic carbocycles. The maximum Gasteiger partial charge on any atom is 0.269 e. The molecule has 0 aliphatic rings. The Morgan fingerprint density at radius 1 is 1.42 bits per heavy atom. The van der Waals surface area contributed by atoms with E-state index in [1.807, 2.05) is 0 Å². The lowest BCUT2D eigenvalue weighted by molar-refractivity contribution is 0.103. The Balaban J connectivity index is 2.25. The normalized spacial score (nSPS) is 11.3. The van der Waals surface area contributed by atoms with E-state index in [1.165, 1.54) is 6.20 Å². The van der Waals surface area contributed by atoms with Gasteiger partial charge < -0.3 is 5.32 Å². The number of carbonyl (C=O) groups excluding carboxylic acids is 1. The SMILES string of the molecule is O=C(Nc1ccc(S(=O)(=O)Cl)cc1F)c1cnns1. The van der Waals surface area contributed by atoms with Crippen LogP contribution in [0, 0.1) is 5.82 Å². The molecule has 2 rings (SSSR count). The molecule has 0 saturated heterocycles. The Bertz CT molecular complexity index is 718. The third-order valence-electron chi connectivity index (χ3n) is 2.06. The molecular weight excluding hydrogens is 317 g/mol. The number of benzene rings is 1. The van der Waals surface area contributed by atoms with Gasteiger partial charge in [-0.15, -0.1) is 5.10 Å². The lowest BCUT2D eigenvalue weighted by Crippen LogP contribution is -2.11. The molecule has 0 atom stereocenters. The molecular formula is C9H5ClFN3O3S2. The number of halogens is 2. The summed E-state index contributed by atoms with van der Waals surface area (Å²) in [5, 5.41) is 5.74. The van der Waals surface area contributed by atoms with Gasteiger partial charge in [0.25, 0.3) is 15.0 Å². The molecule has 19 heavy (non-hydrogen) atoms. The van der Waals surface area contributed by atoms with Crippen LogP contribution in [0.2, 0.25) is 0 Å². The second kappa shape index (κ2) is 5.19. The Labute approximate surface area is 115 Å². The number of amides is 1. The van der Waals surface area contributed by atoms with E-state index in [0.29, 0.717) is 0 Å². The first kappa shape index (κ1) is 13.8. The smallest absolute Gasteiger partial charge is 0.269 e. The minimum atomic E-state index is -4.01. The van der Waals surface area contributed by atoms with Gasteiger partial charge in [-0.1, -0.05) is 4.49 Å². The van der Waals surface area contributed by atoms with Crippen molar-refractivity contribution in [1.29, 1.82) is 0 Å². The first-order valence-electron chi connectivity index (χ1n) is 4.71. The van der Waals surface area contributed by atoms with E-state index < -0.39 is 20.8 Å². The molecule has 100 valence electrons. The molecule has 0 radical (unpaired) electrons. The van der Waals surface area contributed by atoms with Gasteiger partial charge in [-0.3, -0.25) is 4.79 Å². The zero-order valence-corrected chi connectivity index (χ0v) is 11.4. The van der Waals surface area contributed by atoms with Crippen molar-refractivity contribution >= 4 is 42.9 Å². The van der Waals surface area contributed by atoms with Crippen molar-refractivity contribution in [3.8, 4) is 0 Å². The third-order valence-corrected chi connectivity index (χ3v) is 4.07. The summed E-state index contributed by atoms with van der Waals surface area (Å²) in [6.45, 7) is 0. The number of rotatable bonds is 3. The zero-order chi connectivity index (χ0) is 14.0. The fourth-order valence-corrected chi connectivity index (χ4v) is 2.37. The van der Waals surface area contributed by atoms with Gasteiger partial charge in [0, 0.05) is 10.7 Å². The minimum Gasteiger partial charge on any atom is -0.319 e. The van der Waals surface area contributed by atoms with Crippen molar-refractivity contribution in [2.75, 3.05) is 5.32 Å². The highest BCUT2D eigenvalue weighted by Gasteiger charge is 2.15. The van der Waals surface area contributed by atoms with Gasteiger partial charge in [0.05, 0.1) is 16.8 Å². The first-order valence-corrected chi connectivity index (χ1v) is 7.79. The summed E-state index contributed by atoms with van der Waals surface area (Å²) in [7, 11) is 1.06. The van der Waals surface area contributed by atoms with Gasteiger partial charge in [-0.2, -0.15) is 0 Å². The number of nitrogens with zero attached hydrogens (tertiary/aromatic N) is 2. The van der Waals surface area contributed by atoms with Gasteiger partial charge in [-0.25, -0.2) is 12.8 Å². The minimum absolute atomic E-state index is 0.164. The molecule has 0 aliphatic heterocycles. The van der Waals surface area contributed by atoms with Gasteiger partial charge >= 0.3 is 0 Å². The number of hydrogen-bond donors (Lipinski definition) is 1. The molecule has 1 aromatic carbocycles. The van der Waals surface area contributed by atoms with Crippen molar-refractivity contribution in [3.63, 3.8) is 0 Å². The van der Waals surface area contributed by atoms with Crippen LogP contribution in [-0.4, -0.2) is 23.9 Å². The molecule has 0 bridgehead atoms. The molecule has 2 aromatic rings. The van der Waals surface area contributed by atoms with Gasteiger partial charge in [0.15, 0.2) is 0 Å². The number of anilines is 1.